The largest absolute Gasteiger partial charge is 0.416 e. The van der Waals surface area contributed by atoms with E-state index in [2.05, 4.69) is 10.1 Å². The number of hydrogen-bond acceptors (Lipinski definition) is 4. The third kappa shape index (κ3) is 7.79. The molecule has 7 nitrogen and oxygen atoms in total. The first-order chi connectivity index (χ1) is 20.9. The third-order valence-electron chi connectivity index (χ3n) is 6.82. The number of aromatic nitrogens is 2. The van der Waals surface area contributed by atoms with E-state index in [4.69, 9.17) is 11.6 Å². The lowest BCUT2D eigenvalue weighted by Crippen LogP contribution is -2.39. The van der Waals surface area contributed by atoms with Gasteiger partial charge in [0.2, 0.25) is 5.96 Å². The predicted octanol–water partition coefficient (Wildman–Crippen LogP) is 7.09. The molecule has 0 fully saturated rings. The van der Waals surface area contributed by atoms with Crippen LogP contribution < -0.4 is 11.6 Å². The Labute approximate surface area is 251 Å². The van der Waals surface area contributed by atoms with Crippen LogP contribution in [-0.4, -0.2) is 32.6 Å². The van der Waals surface area contributed by atoms with Gasteiger partial charge in [0.25, 0.3) is 0 Å². The van der Waals surface area contributed by atoms with E-state index in [1.807, 2.05) is 19.1 Å². The second kappa shape index (κ2) is 12.5. The zero-order chi connectivity index (χ0) is 33.3. The standard InChI is InChI=1S/C29H28F9N7/c1-3-23-25(41-24-7-5-4-6-10-45(23)24)22-9-8-19(27(30,31)32)13-18(22)16-44(26(39)42-43(2)40)15-17-11-20(28(33,34)35)14-21(12-17)29(36,37)38/h5-14H,3-4,15-16,40H2,1-2H3,(H2,39,42). The van der Waals surface area contributed by atoms with Gasteiger partial charge in [-0.3, -0.25) is 0 Å². The molecule has 16 heteroatoms. The molecule has 2 aromatic carbocycles. The van der Waals surface area contributed by atoms with Crippen molar-refractivity contribution in [1.82, 2.24) is 19.6 Å². The number of hydrogen-bond donors (Lipinski definition) is 2. The summed E-state index contributed by atoms with van der Waals surface area (Å²) in [5.41, 5.74) is 2.69. The predicted molar refractivity (Wildman–Crippen MR) is 150 cm³/mol. The minimum atomic E-state index is -5.12. The van der Waals surface area contributed by atoms with Gasteiger partial charge in [-0.05, 0) is 60.4 Å². The molecule has 0 aliphatic carbocycles. The first-order valence-electron chi connectivity index (χ1n) is 13.4. The molecule has 0 radical (unpaired) electrons. The molecule has 1 aliphatic heterocycles. The van der Waals surface area contributed by atoms with Crippen LogP contribution in [0.2, 0.25) is 0 Å². The number of nitrogens with two attached hydrogens (primary N) is 2. The van der Waals surface area contributed by atoms with Crippen molar-refractivity contribution in [3.63, 3.8) is 0 Å². The van der Waals surface area contributed by atoms with E-state index in [1.165, 1.54) is 13.1 Å². The molecule has 3 aromatic rings. The maximum Gasteiger partial charge on any atom is 0.416 e. The van der Waals surface area contributed by atoms with Crippen LogP contribution in [0.25, 0.3) is 23.5 Å². The Bertz CT molecular complexity index is 1600. The second-order valence-corrected chi connectivity index (χ2v) is 10.2. The lowest BCUT2D eigenvalue weighted by molar-refractivity contribution is -0.143. The van der Waals surface area contributed by atoms with Crippen LogP contribution >= 0.6 is 0 Å². The van der Waals surface area contributed by atoms with Gasteiger partial charge in [0, 0.05) is 31.9 Å². The minimum Gasteiger partial charge on any atom is -0.368 e. The SMILES string of the molecule is CCc1c(-c2ccc(C(F)(F)F)cc2CN(Cc2cc(C(F)(F)F)cc(C(F)(F)F)c2)/C(N)=N/N(C)N)nc2n1C=CCC=C2. The molecule has 0 saturated heterocycles. The van der Waals surface area contributed by atoms with Gasteiger partial charge in [-0.25, -0.2) is 15.9 Å². The molecule has 0 bridgehead atoms. The van der Waals surface area contributed by atoms with Crippen molar-refractivity contribution in [2.45, 2.75) is 51.4 Å². The zero-order valence-corrected chi connectivity index (χ0v) is 23.9. The van der Waals surface area contributed by atoms with Crippen LogP contribution in [0.3, 0.4) is 0 Å². The average molecular weight is 646 g/mol. The molecule has 4 rings (SSSR count). The number of guanidine groups is 1. The topological polar surface area (TPSA) is 88.7 Å². The van der Waals surface area contributed by atoms with Gasteiger partial charge in [-0.2, -0.15) is 39.5 Å². The van der Waals surface area contributed by atoms with Crippen LogP contribution in [-0.2, 0) is 38.0 Å². The van der Waals surface area contributed by atoms with E-state index < -0.39 is 59.8 Å². The Morgan fingerprint density at radius 3 is 2.07 bits per heavy atom. The second-order valence-electron chi connectivity index (χ2n) is 10.2. The van der Waals surface area contributed by atoms with Crippen molar-refractivity contribution in [3.05, 3.63) is 87.9 Å². The smallest absolute Gasteiger partial charge is 0.368 e. The fourth-order valence-electron chi connectivity index (χ4n) is 4.85. The summed E-state index contributed by atoms with van der Waals surface area (Å²) in [6.45, 7) is 0.620. The van der Waals surface area contributed by atoms with Crippen molar-refractivity contribution >= 4 is 18.2 Å². The molecule has 0 unspecified atom stereocenters. The number of hydrazine groups is 1. The maximum atomic E-state index is 13.9. The van der Waals surface area contributed by atoms with Gasteiger partial charge in [0.05, 0.1) is 28.1 Å². The van der Waals surface area contributed by atoms with Crippen molar-refractivity contribution in [1.29, 1.82) is 0 Å². The van der Waals surface area contributed by atoms with E-state index in [1.54, 1.807) is 16.8 Å². The van der Waals surface area contributed by atoms with E-state index in [0.717, 1.165) is 22.2 Å². The molecule has 0 atom stereocenters. The number of allylic oxidation sites excluding steroid dienone is 2. The molecular formula is C29H28F9N7. The number of imidazole rings is 1. The summed E-state index contributed by atoms with van der Waals surface area (Å²) in [6.07, 6.45) is -6.68. The van der Waals surface area contributed by atoms with Crippen LogP contribution in [0.15, 0.2) is 53.7 Å². The lowest BCUT2D eigenvalue weighted by Gasteiger charge is -2.27. The van der Waals surface area contributed by atoms with Crippen LogP contribution in [0.4, 0.5) is 39.5 Å². The summed E-state index contributed by atoms with van der Waals surface area (Å²) >= 11 is 0. The Hall–Kier alpha value is -4.47. The molecular weight excluding hydrogens is 617 g/mol. The molecule has 0 saturated carbocycles. The third-order valence-corrected chi connectivity index (χ3v) is 6.82. The molecule has 2 heterocycles. The number of fused-ring (bicyclic) bond motifs is 1. The van der Waals surface area contributed by atoms with E-state index in [0.29, 0.717) is 42.2 Å². The van der Waals surface area contributed by atoms with Crippen molar-refractivity contribution < 1.29 is 39.5 Å². The van der Waals surface area contributed by atoms with Gasteiger partial charge in [-0.1, -0.05) is 25.1 Å². The van der Waals surface area contributed by atoms with Gasteiger partial charge in [-0.15, -0.1) is 5.10 Å². The number of rotatable bonds is 7. The van der Waals surface area contributed by atoms with Gasteiger partial charge in [0.15, 0.2) is 0 Å². The summed E-state index contributed by atoms with van der Waals surface area (Å²) in [7, 11) is 1.25. The molecule has 1 aliphatic rings. The summed E-state index contributed by atoms with van der Waals surface area (Å²) in [5, 5.41) is 4.55. The van der Waals surface area contributed by atoms with Gasteiger partial charge >= 0.3 is 18.5 Å². The van der Waals surface area contributed by atoms with Crippen molar-refractivity contribution in [3.8, 4) is 11.3 Å². The molecule has 4 N–H and O–H groups in total. The Morgan fingerprint density at radius 2 is 1.51 bits per heavy atom. The highest BCUT2D eigenvalue weighted by molar-refractivity contribution is 5.78. The van der Waals surface area contributed by atoms with Crippen LogP contribution in [0, 0.1) is 0 Å². The zero-order valence-electron chi connectivity index (χ0n) is 23.9. The number of benzene rings is 2. The van der Waals surface area contributed by atoms with Crippen LogP contribution in [0.5, 0.6) is 0 Å². The van der Waals surface area contributed by atoms with Crippen molar-refractivity contribution in [2.75, 3.05) is 7.05 Å². The van der Waals surface area contributed by atoms with Crippen molar-refractivity contribution in [2.24, 2.45) is 16.7 Å². The molecule has 242 valence electrons. The van der Waals surface area contributed by atoms with E-state index >= 15 is 0 Å². The molecule has 0 spiro atoms. The fraction of sp³-hybridized carbons (Fsp3) is 0.310. The average Bonchev–Trinajstić information content (AvgIpc) is 3.10. The minimum absolute atomic E-state index is 0.0124. The first kappa shape index (κ1) is 33.4. The Balaban J connectivity index is 1.89. The lowest BCUT2D eigenvalue weighted by atomic mass is 9.98. The first-order valence-corrected chi connectivity index (χ1v) is 13.4. The maximum absolute atomic E-state index is 13.9. The summed E-state index contributed by atoms with van der Waals surface area (Å²) in [5.74, 6) is 5.60. The summed E-state index contributed by atoms with van der Waals surface area (Å²) in [6, 6.07) is 3.92. The van der Waals surface area contributed by atoms with Gasteiger partial charge in [0.1, 0.15) is 5.82 Å². The number of nitrogens with zero attached hydrogens (tertiary/aromatic N) is 5. The quantitative estimate of drug-likeness (QED) is 0.0942. The number of halogens is 9. The Kier molecular flexibility index (Phi) is 9.28. The van der Waals surface area contributed by atoms with Gasteiger partial charge < -0.3 is 15.2 Å². The van der Waals surface area contributed by atoms with E-state index in [-0.39, 0.29) is 17.2 Å². The summed E-state index contributed by atoms with van der Waals surface area (Å²) < 4.78 is 125. The highest BCUT2D eigenvalue weighted by Gasteiger charge is 2.37. The Morgan fingerprint density at radius 1 is 0.889 bits per heavy atom. The molecule has 0 amide bonds. The highest BCUT2D eigenvalue weighted by Crippen LogP contribution is 2.38. The summed E-state index contributed by atoms with van der Waals surface area (Å²) in [4.78, 5) is 5.68. The molecule has 1 aromatic heterocycles. The fourth-order valence-corrected chi connectivity index (χ4v) is 4.85. The number of alkyl halides is 9. The monoisotopic (exact) mass is 645 g/mol. The highest BCUT2D eigenvalue weighted by atomic mass is 19.4. The molecule has 45 heavy (non-hydrogen) atoms. The normalized spacial score (nSPS) is 14.0. The van der Waals surface area contributed by atoms with E-state index in [9.17, 15) is 39.5 Å². The van der Waals surface area contributed by atoms with Crippen LogP contribution in [0.1, 0.15) is 52.7 Å². The number of hydrazone groups is 1.